The third-order valence-electron chi connectivity index (χ3n) is 3.00. The highest BCUT2D eigenvalue weighted by atomic mass is 15.3. The molecule has 2 aromatic heterocycles. The number of aromatic nitrogens is 4. The molecule has 0 aromatic carbocycles. The first-order valence-corrected chi connectivity index (χ1v) is 6.05. The fraction of sp³-hybridized carbons (Fsp3) is 0.417. The maximum Gasteiger partial charge on any atom is 0.180 e. The molecule has 0 saturated carbocycles. The molecule has 6 heteroatoms. The van der Waals surface area contributed by atoms with Crippen molar-refractivity contribution in [2.24, 2.45) is 5.84 Å². The third kappa shape index (κ3) is 2.06. The first kappa shape index (κ1) is 12.5. The third-order valence-corrected chi connectivity index (χ3v) is 3.00. The molecule has 0 radical (unpaired) electrons. The molecule has 0 spiro atoms. The van der Waals surface area contributed by atoms with Gasteiger partial charge in [-0.15, -0.1) is 0 Å². The van der Waals surface area contributed by atoms with Crippen LogP contribution in [0.25, 0.3) is 11.5 Å². The van der Waals surface area contributed by atoms with Crippen LogP contribution in [0.15, 0.2) is 12.5 Å². The van der Waals surface area contributed by atoms with E-state index in [0.29, 0.717) is 11.6 Å². The second kappa shape index (κ2) is 5.14. The molecule has 0 atom stereocenters. The summed E-state index contributed by atoms with van der Waals surface area (Å²) in [6, 6.07) is 0. The fourth-order valence-corrected chi connectivity index (χ4v) is 1.92. The Bertz CT molecular complexity index is 520. The van der Waals surface area contributed by atoms with Crippen molar-refractivity contribution in [3.63, 3.8) is 0 Å². The number of rotatable bonds is 4. The summed E-state index contributed by atoms with van der Waals surface area (Å²) in [6.45, 7) is 6.92. The van der Waals surface area contributed by atoms with Crippen LogP contribution in [0.4, 0.5) is 5.82 Å². The molecule has 18 heavy (non-hydrogen) atoms. The second-order valence-electron chi connectivity index (χ2n) is 4.03. The molecule has 0 unspecified atom stereocenters. The van der Waals surface area contributed by atoms with Gasteiger partial charge in [-0.1, -0.05) is 6.92 Å². The normalized spacial score (nSPS) is 10.7. The number of aryl methyl sites for hydroxylation is 2. The lowest BCUT2D eigenvalue weighted by Gasteiger charge is -2.11. The van der Waals surface area contributed by atoms with E-state index in [0.717, 1.165) is 29.9 Å². The second-order valence-corrected chi connectivity index (χ2v) is 4.03. The van der Waals surface area contributed by atoms with Gasteiger partial charge in [0.1, 0.15) is 11.5 Å². The number of nitrogens with one attached hydrogen (secondary N) is 1. The van der Waals surface area contributed by atoms with Gasteiger partial charge < -0.3 is 9.99 Å². The van der Waals surface area contributed by atoms with E-state index in [2.05, 4.69) is 34.2 Å². The van der Waals surface area contributed by atoms with Gasteiger partial charge in [0, 0.05) is 17.8 Å². The molecule has 0 aliphatic carbocycles. The van der Waals surface area contributed by atoms with Crippen molar-refractivity contribution in [3.8, 4) is 11.5 Å². The van der Waals surface area contributed by atoms with E-state index in [9.17, 15) is 0 Å². The maximum atomic E-state index is 5.50. The number of anilines is 1. The zero-order valence-corrected chi connectivity index (χ0v) is 10.9. The van der Waals surface area contributed by atoms with Crippen LogP contribution in [-0.2, 0) is 13.0 Å². The lowest BCUT2D eigenvalue weighted by Crippen LogP contribution is -2.13. The minimum Gasteiger partial charge on any atom is -0.328 e. The summed E-state index contributed by atoms with van der Waals surface area (Å²) in [6.07, 6.45) is 4.39. The summed E-state index contributed by atoms with van der Waals surface area (Å²) < 4.78 is 2.00. The molecule has 6 nitrogen and oxygen atoms in total. The molecule has 2 aromatic rings. The molecule has 96 valence electrons. The van der Waals surface area contributed by atoms with Crippen molar-refractivity contribution in [2.75, 3.05) is 5.43 Å². The van der Waals surface area contributed by atoms with E-state index in [1.54, 1.807) is 12.5 Å². The highest BCUT2D eigenvalue weighted by Crippen LogP contribution is 2.21. The fourth-order valence-electron chi connectivity index (χ4n) is 1.92. The topological polar surface area (TPSA) is 81.7 Å². The molecule has 0 amide bonds. The van der Waals surface area contributed by atoms with Crippen LogP contribution in [0.2, 0.25) is 0 Å². The summed E-state index contributed by atoms with van der Waals surface area (Å²) in [5, 5.41) is 0. The number of nitrogen functional groups attached to an aromatic ring is 1. The van der Waals surface area contributed by atoms with Crippen molar-refractivity contribution < 1.29 is 0 Å². The van der Waals surface area contributed by atoms with Crippen LogP contribution < -0.4 is 11.3 Å². The van der Waals surface area contributed by atoms with Crippen LogP contribution in [0.3, 0.4) is 0 Å². The summed E-state index contributed by atoms with van der Waals surface area (Å²) in [7, 11) is 0. The number of hydrogen-bond acceptors (Lipinski definition) is 5. The largest absolute Gasteiger partial charge is 0.328 e. The lowest BCUT2D eigenvalue weighted by molar-refractivity contribution is 0.762. The summed E-state index contributed by atoms with van der Waals surface area (Å²) in [4.78, 5) is 13.2. The van der Waals surface area contributed by atoms with Gasteiger partial charge in [0.05, 0.1) is 12.5 Å². The van der Waals surface area contributed by atoms with Crippen LogP contribution in [0.1, 0.15) is 25.1 Å². The molecule has 2 rings (SSSR count). The predicted molar refractivity (Wildman–Crippen MR) is 70.9 cm³/mol. The van der Waals surface area contributed by atoms with Crippen LogP contribution in [0.5, 0.6) is 0 Å². The Labute approximate surface area is 106 Å². The van der Waals surface area contributed by atoms with Crippen LogP contribution in [-0.4, -0.2) is 19.5 Å². The van der Waals surface area contributed by atoms with E-state index in [4.69, 9.17) is 5.84 Å². The van der Waals surface area contributed by atoms with Crippen LogP contribution >= 0.6 is 0 Å². The van der Waals surface area contributed by atoms with Crippen LogP contribution in [0, 0.1) is 6.92 Å². The Hall–Kier alpha value is -1.95. The molecular formula is C12H18N6. The highest BCUT2D eigenvalue weighted by Gasteiger charge is 2.13. The smallest absolute Gasteiger partial charge is 0.180 e. The minimum atomic E-state index is 0.657. The molecule has 2 heterocycles. The number of hydrazine groups is 1. The average molecular weight is 246 g/mol. The van der Waals surface area contributed by atoms with Gasteiger partial charge in [-0.25, -0.2) is 20.8 Å². The first-order valence-electron chi connectivity index (χ1n) is 6.05. The first-order chi connectivity index (χ1) is 8.71. The Kier molecular flexibility index (Phi) is 3.57. The van der Waals surface area contributed by atoms with E-state index < -0.39 is 0 Å². The SMILES string of the molecule is CCc1nc(-c2cncn2CC)nc(NN)c1C. The van der Waals surface area contributed by atoms with Gasteiger partial charge in [0.15, 0.2) is 5.82 Å². The molecule has 0 aliphatic rings. The standard InChI is InChI=1S/C12H18N6/c1-4-9-8(3)11(17-13)16-12(15-9)10-6-14-7-18(10)5-2/h6-7H,4-5,13H2,1-3H3,(H,15,16,17). The Morgan fingerprint density at radius 2 is 2.11 bits per heavy atom. The van der Waals surface area contributed by atoms with E-state index in [-0.39, 0.29) is 0 Å². The summed E-state index contributed by atoms with van der Waals surface area (Å²) >= 11 is 0. The van der Waals surface area contributed by atoms with Gasteiger partial charge in [-0.2, -0.15) is 0 Å². The molecule has 0 aliphatic heterocycles. The molecule has 0 bridgehead atoms. The molecule has 0 saturated heterocycles. The Balaban J connectivity index is 2.58. The van der Waals surface area contributed by atoms with Crippen molar-refractivity contribution in [1.82, 2.24) is 19.5 Å². The Morgan fingerprint density at radius 3 is 2.72 bits per heavy atom. The number of nitrogens with two attached hydrogens (primary N) is 1. The number of imidazole rings is 1. The van der Waals surface area contributed by atoms with Gasteiger partial charge >= 0.3 is 0 Å². The number of nitrogens with zero attached hydrogens (tertiary/aromatic N) is 4. The van der Waals surface area contributed by atoms with Crippen molar-refractivity contribution in [3.05, 3.63) is 23.8 Å². The number of hydrogen-bond donors (Lipinski definition) is 2. The Morgan fingerprint density at radius 1 is 1.33 bits per heavy atom. The quantitative estimate of drug-likeness (QED) is 0.631. The van der Waals surface area contributed by atoms with E-state index in [1.807, 2.05) is 11.5 Å². The highest BCUT2D eigenvalue weighted by molar-refractivity contribution is 5.56. The van der Waals surface area contributed by atoms with Gasteiger partial charge in [0.2, 0.25) is 0 Å². The lowest BCUT2D eigenvalue weighted by atomic mass is 10.2. The zero-order chi connectivity index (χ0) is 13.1. The molecule has 0 fully saturated rings. The van der Waals surface area contributed by atoms with Gasteiger partial charge in [0.25, 0.3) is 0 Å². The maximum absolute atomic E-state index is 5.50. The molecule has 3 N–H and O–H groups in total. The van der Waals surface area contributed by atoms with E-state index >= 15 is 0 Å². The van der Waals surface area contributed by atoms with Gasteiger partial charge in [-0.05, 0) is 20.3 Å². The van der Waals surface area contributed by atoms with E-state index in [1.165, 1.54) is 0 Å². The van der Waals surface area contributed by atoms with Crippen molar-refractivity contribution >= 4 is 5.82 Å². The van der Waals surface area contributed by atoms with Crippen molar-refractivity contribution in [2.45, 2.75) is 33.7 Å². The summed E-state index contributed by atoms with van der Waals surface area (Å²) in [5.74, 6) is 6.83. The van der Waals surface area contributed by atoms with Gasteiger partial charge in [-0.3, -0.25) is 0 Å². The van der Waals surface area contributed by atoms with Crippen molar-refractivity contribution in [1.29, 1.82) is 0 Å². The zero-order valence-electron chi connectivity index (χ0n) is 10.9. The average Bonchev–Trinajstić information content (AvgIpc) is 2.87. The summed E-state index contributed by atoms with van der Waals surface area (Å²) in [5.41, 5.74) is 5.52. The minimum absolute atomic E-state index is 0.657. The predicted octanol–water partition coefficient (Wildman–Crippen LogP) is 1.52. The monoisotopic (exact) mass is 246 g/mol. The molecular weight excluding hydrogens is 228 g/mol.